The average molecular weight is 389 g/mol. The molecular formula is C23H24FN5. The third-order valence-corrected chi connectivity index (χ3v) is 7.50. The van der Waals surface area contributed by atoms with Crippen LogP contribution in [0.3, 0.4) is 0 Å². The highest BCUT2D eigenvalue weighted by atomic mass is 19.1. The Labute approximate surface area is 168 Å². The van der Waals surface area contributed by atoms with Crippen molar-refractivity contribution in [3.63, 3.8) is 0 Å². The zero-order chi connectivity index (χ0) is 19.5. The Morgan fingerprint density at radius 2 is 1.86 bits per heavy atom. The van der Waals surface area contributed by atoms with E-state index in [1.54, 1.807) is 0 Å². The molecule has 0 radical (unpaired) electrons. The molecule has 3 aliphatic carbocycles. The number of hydrogen-bond acceptors (Lipinski definition) is 3. The van der Waals surface area contributed by atoms with Crippen LogP contribution < -0.4 is 0 Å². The number of rotatable bonds is 3. The van der Waals surface area contributed by atoms with Crippen molar-refractivity contribution in [2.75, 3.05) is 0 Å². The van der Waals surface area contributed by atoms with E-state index in [0.717, 1.165) is 46.5 Å². The first kappa shape index (κ1) is 17.1. The Bertz CT molecular complexity index is 1200. The highest BCUT2D eigenvalue weighted by molar-refractivity contribution is 5.92. The monoisotopic (exact) mass is 389 g/mol. The van der Waals surface area contributed by atoms with Gasteiger partial charge in [0.1, 0.15) is 17.1 Å². The largest absolute Gasteiger partial charge is 0.346 e. The highest BCUT2D eigenvalue weighted by Gasteiger charge is 2.41. The van der Waals surface area contributed by atoms with Crippen molar-refractivity contribution in [3.05, 3.63) is 42.2 Å². The number of fused-ring (bicyclic) bond motifs is 5. The van der Waals surface area contributed by atoms with E-state index in [-0.39, 0.29) is 5.82 Å². The molecule has 5 nitrogen and oxygen atoms in total. The van der Waals surface area contributed by atoms with E-state index >= 15 is 0 Å². The quantitative estimate of drug-likeness (QED) is 0.502. The van der Waals surface area contributed by atoms with E-state index in [4.69, 9.17) is 9.97 Å². The summed E-state index contributed by atoms with van der Waals surface area (Å²) >= 11 is 0. The van der Waals surface area contributed by atoms with Gasteiger partial charge >= 0.3 is 0 Å². The van der Waals surface area contributed by atoms with Crippen molar-refractivity contribution in [1.29, 1.82) is 0 Å². The van der Waals surface area contributed by atoms with Gasteiger partial charge < -0.3 is 9.97 Å². The minimum absolute atomic E-state index is 0.355. The maximum atomic E-state index is 13.8. The first-order valence-corrected chi connectivity index (χ1v) is 10.6. The fourth-order valence-corrected chi connectivity index (χ4v) is 5.90. The van der Waals surface area contributed by atoms with Crippen LogP contribution in [0.2, 0.25) is 0 Å². The molecule has 0 spiro atoms. The van der Waals surface area contributed by atoms with E-state index in [2.05, 4.69) is 27.9 Å². The number of nitrogens with zero attached hydrogens (tertiary/aromatic N) is 3. The zero-order valence-electron chi connectivity index (χ0n) is 16.5. The summed E-state index contributed by atoms with van der Waals surface area (Å²) < 4.78 is 13.8. The average Bonchev–Trinajstić information content (AvgIpc) is 3.37. The van der Waals surface area contributed by atoms with E-state index in [9.17, 15) is 4.39 Å². The molecule has 2 unspecified atom stereocenters. The van der Waals surface area contributed by atoms with Gasteiger partial charge in [0.15, 0.2) is 5.82 Å². The van der Waals surface area contributed by atoms with Crippen molar-refractivity contribution >= 4 is 22.1 Å². The molecule has 148 valence electrons. The molecule has 6 heteroatoms. The van der Waals surface area contributed by atoms with Gasteiger partial charge in [0.2, 0.25) is 0 Å². The summed E-state index contributed by atoms with van der Waals surface area (Å²) in [5, 5.41) is 1.82. The van der Waals surface area contributed by atoms with E-state index < -0.39 is 0 Å². The molecule has 29 heavy (non-hydrogen) atoms. The number of H-pyrrole nitrogens is 2. The smallest absolute Gasteiger partial charge is 0.164 e. The van der Waals surface area contributed by atoms with Gasteiger partial charge in [0.25, 0.3) is 0 Å². The van der Waals surface area contributed by atoms with Crippen molar-refractivity contribution in [2.45, 2.75) is 39.0 Å². The summed E-state index contributed by atoms with van der Waals surface area (Å²) in [6, 6.07) is 3.58. The molecule has 2 N–H and O–H groups in total. The van der Waals surface area contributed by atoms with Gasteiger partial charge in [-0.05, 0) is 67.9 Å². The number of aromatic amines is 2. The molecule has 3 fully saturated rings. The van der Waals surface area contributed by atoms with Crippen molar-refractivity contribution in [2.24, 2.45) is 23.7 Å². The molecule has 2 bridgehead atoms. The second kappa shape index (κ2) is 6.37. The van der Waals surface area contributed by atoms with Crippen LogP contribution in [0.1, 0.15) is 38.3 Å². The van der Waals surface area contributed by atoms with Gasteiger partial charge in [-0.3, -0.25) is 0 Å². The lowest BCUT2D eigenvalue weighted by Crippen LogP contribution is -2.39. The number of hydrogen-bond donors (Lipinski definition) is 2. The Kier molecular flexibility index (Phi) is 3.76. The minimum atomic E-state index is -0.355. The summed E-state index contributed by atoms with van der Waals surface area (Å²) in [6.45, 7) is 2.44. The van der Waals surface area contributed by atoms with E-state index in [0.29, 0.717) is 22.8 Å². The Balaban J connectivity index is 1.46. The van der Waals surface area contributed by atoms with Crippen LogP contribution in [0.15, 0.2) is 30.7 Å². The lowest BCUT2D eigenvalue weighted by molar-refractivity contribution is 0.0341. The van der Waals surface area contributed by atoms with Gasteiger partial charge in [-0.25, -0.2) is 19.3 Å². The topological polar surface area (TPSA) is 70.2 Å². The summed E-state index contributed by atoms with van der Waals surface area (Å²) in [5.74, 6) is 3.39. The van der Waals surface area contributed by atoms with Crippen LogP contribution in [0.25, 0.3) is 33.5 Å². The van der Waals surface area contributed by atoms with Crippen molar-refractivity contribution < 1.29 is 4.39 Å². The fourth-order valence-electron chi connectivity index (χ4n) is 5.90. The molecule has 0 aliphatic heterocycles. The molecule has 4 heterocycles. The molecule has 3 aliphatic rings. The molecular weight excluding hydrogens is 365 g/mol. The summed E-state index contributed by atoms with van der Waals surface area (Å²) in [6.07, 6.45) is 11.5. The normalized spacial score (nSPS) is 26.6. The fraction of sp³-hybridized carbons (Fsp3) is 0.435. The number of aromatic nitrogens is 5. The molecule has 0 amide bonds. The van der Waals surface area contributed by atoms with Gasteiger partial charge in [-0.1, -0.05) is 6.92 Å². The third-order valence-electron chi connectivity index (χ3n) is 7.50. The van der Waals surface area contributed by atoms with E-state index in [1.165, 1.54) is 37.9 Å². The van der Waals surface area contributed by atoms with Crippen molar-refractivity contribution in [3.8, 4) is 11.4 Å². The molecule has 2 atom stereocenters. The summed E-state index contributed by atoms with van der Waals surface area (Å²) in [7, 11) is 0. The van der Waals surface area contributed by atoms with Crippen molar-refractivity contribution in [1.82, 2.24) is 24.9 Å². The van der Waals surface area contributed by atoms with Gasteiger partial charge in [-0.15, -0.1) is 0 Å². The van der Waals surface area contributed by atoms with Crippen LogP contribution in [0.5, 0.6) is 0 Å². The molecule has 4 aromatic heterocycles. The standard InChI is InChI=1S/C23H24FN5/c1-12-13-2-4-14(5-3-13)17(12)9-20-16-6-7-25-22(16)29-23(28-20)19-11-27-21-18(19)8-15(24)10-26-21/h6-8,10-14,17H,2-5,9H2,1H3,(H,26,27)(H,25,28,29). The molecule has 0 saturated heterocycles. The SMILES string of the molecule is CC1C2CCC(CC2)C1Cc1nc(-c2c[nH]c3ncc(F)cc23)nc2[nH]ccc12. The number of halogens is 1. The van der Waals surface area contributed by atoms with Crippen LogP contribution in [0.4, 0.5) is 4.39 Å². The predicted molar refractivity (Wildman–Crippen MR) is 111 cm³/mol. The Morgan fingerprint density at radius 1 is 1.03 bits per heavy atom. The third kappa shape index (κ3) is 2.69. The van der Waals surface area contributed by atoms with Crippen LogP contribution in [-0.4, -0.2) is 24.9 Å². The van der Waals surface area contributed by atoms with Crippen LogP contribution in [-0.2, 0) is 6.42 Å². The summed E-state index contributed by atoms with van der Waals surface area (Å²) in [4.78, 5) is 20.3. The van der Waals surface area contributed by atoms with Gasteiger partial charge in [-0.2, -0.15) is 0 Å². The maximum absolute atomic E-state index is 13.8. The lowest BCUT2D eigenvalue weighted by atomic mass is 9.58. The molecule has 4 aromatic rings. The Morgan fingerprint density at radius 3 is 2.69 bits per heavy atom. The Hall–Kier alpha value is -2.76. The van der Waals surface area contributed by atoms with Gasteiger partial charge in [0.05, 0.1) is 11.9 Å². The highest BCUT2D eigenvalue weighted by Crippen LogP contribution is 2.50. The first-order chi connectivity index (χ1) is 14.2. The molecule has 3 saturated carbocycles. The van der Waals surface area contributed by atoms with Crippen LogP contribution >= 0.6 is 0 Å². The summed E-state index contributed by atoms with van der Waals surface area (Å²) in [5.41, 5.74) is 3.39. The van der Waals surface area contributed by atoms with E-state index in [1.807, 2.05) is 12.4 Å². The second-order valence-corrected chi connectivity index (χ2v) is 8.89. The molecule has 7 rings (SSSR count). The van der Waals surface area contributed by atoms with Crippen LogP contribution in [0, 0.1) is 29.5 Å². The number of pyridine rings is 1. The first-order valence-electron chi connectivity index (χ1n) is 10.6. The minimum Gasteiger partial charge on any atom is -0.346 e. The number of nitrogens with one attached hydrogen (secondary N) is 2. The van der Waals surface area contributed by atoms with Gasteiger partial charge in [0, 0.05) is 28.7 Å². The molecule has 0 aromatic carbocycles. The maximum Gasteiger partial charge on any atom is 0.164 e. The predicted octanol–water partition coefficient (Wildman–Crippen LogP) is 5.26. The zero-order valence-corrected chi connectivity index (χ0v) is 16.5. The lowest BCUT2D eigenvalue weighted by Gasteiger charge is -2.47. The second-order valence-electron chi connectivity index (χ2n) is 8.89.